The molecule has 3 aromatic rings. The summed E-state index contributed by atoms with van der Waals surface area (Å²) in [6.45, 7) is 2.00. The van der Waals surface area contributed by atoms with Gasteiger partial charge in [0.05, 0.1) is 19.0 Å². The Balaban J connectivity index is 1.95. The number of sulfonamides is 1. The monoisotopic (exact) mass is 388 g/mol. The minimum absolute atomic E-state index is 0.0340. The summed E-state index contributed by atoms with van der Waals surface area (Å²) in [5.74, 6) is 0.213. The Hall–Kier alpha value is -2.57. The van der Waals surface area contributed by atoms with Gasteiger partial charge >= 0.3 is 0 Å². The molecule has 26 heavy (non-hydrogen) atoms. The van der Waals surface area contributed by atoms with Gasteiger partial charge in [0.25, 0.3) is 10.0 Å². The molecule has 0 aliphatic rings. The summed E-state index contributed by atoms with van der Waals surface area (Å²) in [7, 11) is -2.48. The Morgan fingerprint density at radius 1 is 1.00 bits per heavy atom. The average molecular weight is 389 g/mol. The molecule has 0 aliphatic carbocycles. The van der Waals surface area contributed by atoms with Crippen LogP contribution in [0.3, 0.4) is 0 Å². The molecule has 3 rings (SSSR count). The van der Waals surface area contributed by atoms with Crippen LogP contribution in [-0.2, 0) is 10.0 Å². The summed E-state index contributed by atoms with van der Waals surface area (Å²) in [6, 6.07) is 14.1. The van der Waals surface area contributed by atoms with Crippen molar-refractivity contribution in [1.82, 2.24) is 4.98 Å². The maximum atomic E-state index is 12.7. The van der Waals surface area contributed by atoms with Crippen molar-refractivity contribution in [3.63, 3.8) is 0 Å². The van der Waals surface area contributed by atoms with Gasteiger partial charge in [-0.1, -0.05) is 41.4 Å². The number of anilines is 1. The molecule has 0 atom stereocenters. The number of nitrogens with zero attached hydrogens (tertiary/aromatic N) is 1. The minimum atomic E-state index is -3.88. The largest absolute Gasteiger partial charge is 0.495 e. The molecule has 0 radical (unpaired) electrons. The molecule has 0 spiro atoms. The zero-order valence-corrected chi connectivity index (χ0v) is 15.8. The number of aromatic nitrogens is 1. The second kappa shape index (κ2) is 7.35. The molecular formula is C19H17ClN2O3S. The first-order valence-electron chi connectivity index (χ1n) is 7.77. The van der Waals surface area contributed by atoms with Crippen LogP contribution in [0, 0.1) is 6.92 Å². The third-order valence-electron chi connectivity index (χ3n) is 3.79. The Kier molecular flexibility index (Phi) is 5.15. The van der Waals surface area contributed by atoms with Crippen LogP contribution in [0.15, 0.2) is 65.8 Å². The maximum Gasteiger partial charge on any atom is 0.265 e. The predicted octanol–water partition coefficient (Wildman–Crippen LogP) is 4.52. The molecule has 0 bridgehead atoms. The van der Waals surface area contributed by atoms with Crippen molar-refractivity contribution < 1.29 is 13.2 Å². The first kappa shape index (κ1) is 18.2. The smallest absolute Gasteiger partial charge is 0.265 e. The number of methoxy groups -OCH3 is 1. The van der Waals surface area contributed by atoms with Gasteiger partial charge in [-0.3, -0.25) is 9.71 Å². The van der Waals surface area contributed by atoms with E-state index in [-0.39, 0.29) is 10.6 Å². The molecule has 0 saturated heterocycles. The molecule has 2 aromatic carbocycles. The molecule has 0 unspecified atom stereocenters. The van der Waals surface area contributed by atoms with Crippen molar-refractivity contribution in [3.05, 3.63) is 71.5 Å². The van der Waals surface area contributed by atoms with Crippen LogP contribution in [0.1, 0.15) is 5.56 Å². The number of rotatable bonds is 5. The van der Waals surface area contributed by atoms with Gasteiger partial charge in [-0.2, -0.15) is 0 Å². The van der Waals surface area contributed by atoms with E-state index >= 15 is 0 Å². The topological polar surface area (TPSA) is 68.3 Å². The number of hydrogen-bond donors (Lipinski definition) is 1. The maximum absolute atomic E-state index is 12.7. The number of halogens is 1. The molecule has 0 fully saturated rings. The first-order valence-corrected chi connectivity index (χ1v) is 9.63. The zero-order valence-electron chi connectivity index (χ0n) is 14.2. The Morgan fingerprint density at radius 3 is 2.42 bits per heavy atom. The summed E-state index contributed by atoms with van der Waals surface area (Å²) in [6.07, 6.45) is 3.13. The molecule has 7 heteroatoms. The van der Waals surface area contributed by atoms with Crippen molar-refractivity contribution >= 4 is 27.3 Å². The van der Waals surface area contributed by atoms with E-state index in [1.54, 1.807) is 18.3 Å². The van der Waals surface area contributed by atoms with Gasteiger partial charge in [-0.15, -0.1) is 0 Å². The Bertz CT molecular complexity index is 1030. The fraction of sp³-hybridized carbons (Fsp3) is 0.105. The standard InChI is InChI=1S/C19H17ClN2O3S/c1-13-3-5-14(6-4-13)15-9-17(12-21-11-15)22-26(23,24)19-10-16(20)7-8-18(19)25-2/h3-12,22H,1-2H3. The van der Waals surface area contributed by atoms with E-state index in [0.29, 0.717) is 10.7 Å². The van der Waals surface area contributed by atoms with E-state index in [9.17, 15) is 8.42 Å². The number of nitrogens with one attached hydrogen (secondary N) is 1. The van der Waals surface area contributed by atoms with E-state index < -0.39 is 10.0 Å². The third-order valence-corrected chi connectivity index (χ3v) is 5.43. The highest BCUT2D eigenvalue weighted by molar-refractivity contribution is 7.92. The SMILES string of the molecule is COc1ccc(Cl)cc1S(=O)(=O)Nc1cncc(-c2ccc(C)cc2)c1. The molecule has 0 amide bonds. The summed E-state index contributed by atoms with van der Waals surface area (Å²) in [4.78, 5) is 4.10. The lowest BCUT2D eigenvalue weighted by molar-refractivity contribution is 0.403. The van der Waals surface area contributed by atoms with Crippen molar-refractivity contribution in [3.8, 4) is 16.9 Å². The quantitative estimate of drug-likeness (QED) is 0.697. The Morgan fingerprint density at radius 2 is 1.73 bits per heavy atom. The molecule has 1 heterocycles. The number of aryl methyl sites for hydroxylation is 1. The van der Waals surface area contributed by atoms with Crippen molar-refractivity contribution in [2.75, 3.05) is 11.8 Å². The van der Waals surface area contributed by atoms with Gasteiger partial charge < -0.3 is 4.74 Å². The lowest BCUT2D eigenvalue weighted by atomic mass is 10.1. The van der Waals surface area contributed by atoms with Gasteiger partial charge in [0.1, 0.15) is 10.6 Å². The van der Waals surface area contributed by atoms with Gasteiger partial charge in [-0.25, -0.2) is 8.42 Å². The highest BCUT2D eigenvalue weighted by Gasteiger charge is 2.20. The summed E-state index contributed by atoms with van der Waals surface area (Å²) < 4.78 is 33.2. The van der Waals surface area contributed by atoms with Gasteiger partial charge in [0.15, 0.2) is 0 Å². The van der Waals surface area contributed by atoms with Gasteiger partial charge in [-0.05, 0) is 36.8 Å². The molecule has 0 saturated carbocycles. The number of benzene rings is 2. The summed E-state index contributed by atoms with van der Waals surface area (Å²) in [5.41, 5.74) is 3.25. The lowest BCUT2D eigenvalue weighted by Crippen LogP contribution is -2.14. The minimum Gasteiger partial charge on any atom is -0.495 e. The number of ether oxygens (including phenoxy) is 1. The summed E-state index contributed by atoms with van der Waals surface area (Å²) >= 11 is 5.94. The summed E-state index contributed by atoms with van der Waals surface area (Å²) in [5, 5.41) is 0.303. The fourth-order valence-corrected chi connectivity index (χ4v) is 3.94. The van der Waals surface area contributed by atoms with Crippen LogP contribution in [0.25, 0.3) is 11.1 Å². The molecule has 0 aliphatic heterocycles. The van der Waals surface area contributed by atoms with E-state index in [0.717, 1.165) is 16.7 Å². The molecule has 134 valence electrons. The zero-order chi connectivity index (χ0) is 18.7. The third kappa shape index (κ3) is 3.98. The molecule has 1 N–H and O–H groups in total. The normalized spacial score (nSPS) is 11.2. The van der Waals surface area contributed by atoms with E-state index in [1.165, 1.54) is 25.4 Å². The second-order valence-electron chi connectivity index (χ2n) is 5.73. The van der Waals surface area contributed by atoms with Gasteiger partial charge in [0, 0.05) is 16.8 Å². The van der Waals surface area contributed by atoms with Crippen molar-refractivity contribution in [2.45, 2.75) is 11.8 Å². The van der Waals surface area contributed by atoms with Crippen LogP contribution in [-0.4, -0.2) is 20.5 Å². The van der Waals surface area contributed by atoms with Crippen LogP contribution < -0.4 is 9.46 Å². The van der Waals surface area contributed by atoms with Crippen LogP contribution in [0.5, 0.6) is 5.75 Å². The van der Waals surface area contributed by atoms with E-state index in [1.807, 2.05) is 31.2 Å². The van der Waals surface area contributed by atoms with Crippen molar-refractivity contribution in [1.29, 1.82) is 0 Å². The second-order valence-corrected chi connectivity index (χ2v) is 7.82. The van der Waals surface area contributed by atoms with E-state index in [2.05, 4.69) is 9.71 Å². The fourth-order valence-electron chi connectivity index (χ4n) is 2.47. The van der Waals surface area contributed by atoms with Gasteiger partial charge in [0.2, 0.25) is 0 Å². The van der Waals surface area contributed by atoms with Crippen LogP contribution in [0.2, 0.25) is 5.02 Å². The molecule has 5 nitrogen and oxygen atoms in total. The average Bonchev–Trinajstić information content (AvgIpc) is 2.62. The Labute approximate surface area is 157 Å². The van der Waals surface area contributed by atoms with Crippen LogP contribution >= 0.6 is 11.6 Å². The van der Waals surface area contributed by atoms with Crippen LogP contribution in [0.4, 0.5) is 5.69 Å². The van der Waals surface area contributed by atoms with E-state index in [4.69, 9.17) is 16.3 Å². The first-order chi connectivity index (χ1) is 12.4. The highest BCUT2D eigenvalue weighted by Crippen LogP contribution is 2.29. The number of hydrogen-bond acceptors (Lipinski definition) is 4. The molecule has 1 aromatic heterocycles. The highest BCUT2D eigenvalue weighted by atomic mass is 35.5. The molecular weight excluding hydrogens is 372 g/mol. The predicted molar refractivity (Wildman–Crippen MR) is 103 cm³/mol. The van der Waals surface area contributed by atoms with Crippen molar-refractivity contribution in [2.24, 2.45) is 0 Å². The number of pyridine rings is 1. The lowest BCUT2D eigenvalue weighted by Gasteiger charge is -2.12.